The highest BCUT2D eigenvalue weighted by Gasteiger charge is 2.23. The van der Waals surface area contributed by atoms with E-state index >= 15 is 0 Å². The molecular formula is C24H28N8O3. The highest BCUT2D eigenvalue weighted by molar-refractivity contribution is 6.36. The number of nitrogens with zero attached hydrogens (tertiary/aromatic N) is 4. The van der Waals surface area contributed by atoms with Crippen LogP contribution in [0.1, 0.15) is 24.8 Å². The van der Waals surface area contributed by atoms with Crippen molar-refractivity contribution in [3.63, 3.8) is 0 Å². The van der Waals surface area contributed by atoms with Gasteiger partial charge in [0.25, 0.3) is 0 Å². The summed E-state index contributed by atoms with van der Waals surface area (Å²) < 4.78 is 13.4. The maximum absolute atomic E-state index is 13.2. The van der Waals surface area contributed by atoms with E-state index in [0.717, 1.165) is 25.7 Å². The van der Waals surface area contributed by atoms with Crippen molar-refractivity contribution in [1.82, 2.24) is 19.5 Å². The highest BCUT2D eigenvalue weighted by Crippen LogP contribution is 2.33. The lowest BCUT2D eigenvalue weighted by Gasteiger charge is -2.13. The summed E-state index contributed by atoms with van der Waals surface area (Å²) in [6, 6.07) is 5.36. The van der Waals surface area contributed by atoms with Gasteiger partial charge < -0.3 is 25.6 Å². The molecule has 0 saturated carbocycles. The molecule has 0 amide bonds. The Labute approximate surface area is 201 Å². The summed E-state index contributed by atoms with van der Waals surface area (Å²) in [4.78, 5) is 26.2. The first-order chi connectivity index (χ1) is 17.1. The number of aryl methyl sites for hydroxylation is 1. The smallest absolute Gasteiger partial charge is 0.348 e. The molecule has 1 saturated heterocycles. The zero-order valence-electron chi connectivity index (χ0n) is 19.7. The molecule has 5 rings (SSSR count). The van der Waals surface area contributed by atoms with Crippen LogP contribution < -0.4 is 16.7 Å². The molecule has 4 aromatic rings. The molecule has 182 valence electrons. The molecule has 5 N–H and O–H groups in total. The Morgan fingerprint density at radius 1 is 1.31 bits per heavy atom. The summed E-state index contributed by atoms with van der Waals surface area (Å²) in [5.74, 6) is 0.695. The Kier molecular flexibility index (Phi) is 7.28. The number of hydrogen-bond donors (Lipinski definition) is 4. The summed E-state index contributed by atoms with van der Waals surface area (Å²) in [6.45, 7) is 1.17. The Hall–Kier alpha value is -3.96. The molecule has 0 bridgehead atoms. The van der Waals surface area contributed by atoms with Gasteiger partial charge >= 0.3 is 5.69 Å². The molecule has 0 radical (unpaired) electrons. The van der Waals surface area contributed by atoms with Crippen LogP contribution >= 0.6 is 0 Å². The first-order valence-corrected chi connectivity index (χ1v) is 11.3. The molecule has 5 heterocycles. The minimum atomic E-state index is -0.400. The van der Waals surface area contributed by atoms with E-state index in [-0.39, 0.29) is 11.8 Å². The molecule has 11 heteroatoms. The standard InChI is InChI=1S/C23H23N7O3.CH5N/c1-26-18-5-4-13(11-27-18)19-21-20(16-9-14(17(25)10-24)12-28-22(16)33-21)30(23(31)29-19)7-6-15-3-2-8-32-15;1-2/h4-5,9-12,15,24-25H,2-3,6-8H2,1H3,(H,26,27);2H2,1H3. The molecule has 1 aliphatic heterocycles. The lowest BCUT2D eigenvalue weighted by atomic mass is 10.1. The summed E-state index contributed by atoms with van der Waals surface area (Å²) in [7, 11) is 3.28. The maximum Gasteiger partial charge on any atom is 0.348 e. The Bertz CT molecular complexity index is 1420. The minimum Gasteiger partial charge on any atom is -0.434 e. The summed E-state index contributed by atoms with van der Waals surface area (Å²) in [5.41, 5.74) is 6.97. The van der Waals surface area contributed by atoms with Gasteiger partial charge in [-0.1, -0.05) is 0 Å². The molecule has 1 atom stereocenters. The van der Waals surface area contributed by atoms with Gasteiger partial charge in [0.1, 0.15) is 17.0 Å². The average molecular weight is 477 g/mol. The minimum absolute atomic E-state index is 0.0214. The van der Waals surface area contributed by atoms with E-state index in [1.165, 1.54) is 13.2 Å². The third kappa shape index (κ3) is 4.68. The largest absolute Gasteiger partial charge is 0.434 e. The molecule has 0 aromatic carbocycles. The van der Waals surface area contributed by atoms with Crippen molar-refractivity contribution in [3.05, 3.63) is 46.6 Å². The van der Waals surface area contributed by atoms with E-state index in [4.69, 9.17) is 20.0 Å². The lowest BCUT2D eigenvalue weighted by molar-refractivity contribution is 0.100. The normalized spacial score (nSPS) is 15.1. The van der Waals surface area contributed by atoms with Crippen LogP contribution in [0.2, 0.25) is 0 Å². The van der Waals surface area contributed by atoms with Gasteiger partial charge in [0.15, 0.2) is 5.58 Å². The first-order valence-electron chi connectivity index (χ1n) is 11.3. The van der Waals surface area contributed by atoms with Gasteiger partial charge in [-0.15, -0.1) is 0 Å². The number of fused-ring (bicyclic) bond motifs is 3. The fourth-order valence-electron chi connectivity index (χ4n) is 4.16. The van der Waals surface area contributed by atoms with E-state index in [0.29, 0.717) is 57.8 Å². The summed E-state index contributed by atoms with van der Waals surface area (Å²) in [5, 5.41) is 19.0. The zero-order chi connectivity index (χ0) is 24.9. The van der Waals surface area contributed by atoms with Crippen molar-refractivity contribution in [3.8, 4) is 11.3 Å². The summed E-state index contributed by atoms with van der Waals surface area (Å²) >= 11 is 0. The summed E-state index contributed by atoms with van der Waals surface area (Å²) in [6.07, 6.45) is 6.88. The fraction of sp³-hybridized carbons (Fsp3) is 0.333. The monoisotopic (exact) mass is 476 g/mol. The lowest BCUT2D eigenvalue weighted by Crippen LogP contribution is -2.25. The number of pyridine rings is 2. The van der Waals surface area contributed by atoms with Crippen LogP contribution in [0, 0.1) is 10.8 Å². The second-order valence-corrected chi connectivity index (χ2v) is 7.91. The van der Waals surface area contributed by atoms with Crippen molar-refractivity contribution >= 4 is 39.9 Å². The molecule has 1 fully saturated rings. The molecule has 1 unspecified atom stereocenters. The number of hydrogen-bond acceptors (Lipinski definition) is 10. The van der Waals surface area contributed by atoms with Gasteiger partial charge in [-0.25, -0.2) is 14.8 Å². The van der Waals surface area contributed by atoms with Gasteiger partial charge in [0.2, 0.25) is 5.71 Å². The van der Waals surface area contributed by atoms with Crippen molar-refractivity contribution in [2.24, 2.45) is 5.73 Å². The van der Waals surface area contributed by atoms with E-state index in [1.807, 2.05) is 6.07 Å². The van der Waals surface area contributed by atoms with Crippen LogP contribution in [-0.4, -0.2) is 58.3 Å². The molecule has 4 aromatic heterocycles. The SMILES string of the molecule is CN.CNc1ccc(-c2nc(=O)n(CCC3CCCO3)c3c2oc2ncc(C(=N)C=N)cc23)cn1. The maximum atomic E-state index is 13.2. The first kappa shape index (κ1) is 24.2. The van der Waals surface area contributed by atoms with Gasteiger partial charge in [-0.05, 0) is 44.5 Å². The van der Waals surface area contributed by atoms with E-state index in [2.05, 4.69) is 26.0 Å². The van der Waals surface area contributed by atoms with Crippen LogP contribution in [0.4, 0.5) is 5.82 Å². The number of aromatic nitrogens is 4. The molecule has 0 spiro atoms. The predicted octanol–water partition coefficient (Wildman–Crippen LogP) is 2.80. The second-order valence-electron chi connectivity index (χ2n) is 7.91. The number of ether oxygens (including phenoxy) is 1. The molecule has 11 nitrogen and oxygen atoms in total. The van der Waals surface area contributed by atoms with E-state index in [1.54, 1.807) is 29.9 Å². The Balaban J connectivity index is 0.00000141. The quantitative estimate of drug-likeness (QED) is 0.295. The van der Waals surface area contributed by atoms with Crippen LogP contribution in [0.5, 0.6) is 0 Å². The second kappa shape index (κ2) is 10.5. The molecule has 1 aliphatic rings. The molecule has 35 heavy (non-hydrogen) atoms. The highest BCUT2D eigenvalue weighted by atomic mass is 16.5. The van der Waals surface area contributed by atoms with Crippen LogP contribution in [0.15, 0.2) is 39.8 Å². The third-order valence-electron chi connectivity index (χ3n) is 5.89. The van der Waals surface area contributed by atoms with Gasteiger partial charge in [-0.2, -0.15) is 4.98 Å². The third-order valence-corrected chi connectivity index (χ3v) is 5.89. The zero-order valence-corrected chi connectivity index (χ0v) is 19.7. The van der Waals surface area contributed by atoms with Crippen LogP contribution in [0.25, 0.3) is 33.5 Å². The van der Waals surface area contributed by atoms with Gasteiger partial charge in [0, 0.05) is 49.9 Å². The number of nitrogens with one attached hydrogen (secondary N) is 3. The van der Waals surface area contributed by atoms with E-state index in [9.17, 15) is 4.79 Å². The molecule has 0 aliphatic carbocycles. The van der Waals surface area contributed by atoms with Gasteiger partial charge in [-0.3, -0.25) is 9.98 Å². The topological polar surface area (TPSA) is 169 Å². The van der Waals surface area contributed by atoms with Crippen molar-refractivity contribution in [2.75, 3.05) is 26.0 Å². The predicted molar refractivity (Wildman–Crippen MR) is 136 cm³/mol. The van der Waals surface area contributed by atoms with Crippen molar-refractivity contribution in [1.29, 1.82) is 10.8 Å². The van der Waals surface area contributed by atoms with Crippen molar-refractivity contribution in [2.45, 2.75) is 31.9 Å². The number of nitrogens with two attached hydrogens (primary N) is 1. The average Bonchev–Trinajstić information content (AvgIpc) is 3.56. The number of rotatable bonds is 7. The van der Waals surface area contributed by atoms with Gasteiger partial charge in [0.05, 0.1) is 17.2 Å². The molecular weight excluding hydrogens is 448 g/mol. The fourth-order valence-corrected chi connectivity index (χ4v) is 4.16. The Morgan fingerprint density at radius 3 is 2.80 bits per heavy atom. The number of furan rings is 1. The van der Waals surface area contributed by atoms with Crippen LogP contribution in [-0.2, 0) is 11.3 Å². The van der Waals surface area contributed by atoms with Crippen molar-refractivity contribution < 1.29 is 9.15 Å². The van der Waals surface area contributed by atoms with E-state index < -0.39 is 5.69 Å². The van der Waals surface area contributed by atoms with Crippen LogP contribution in [0.3, 0.4) is 0 Å². The number of anilines is 1. The Morgan fingerprint density at radius 2 is 2.14 bits per heavy atom.